The van der Waals surface area contributed by atoms with Gasteiger partial charge in [0, 0.05) is 35.4 Å². The zero-order valence-corrected chi connectivity index (χ0v) is 24.2. The SMILES string of the molecule is CCC(=O)Nc1ccc(N2C(=S)N[C@H](c3ccccn3)[C@H]2c2cc(C)n(-c3c(C)cccc3C)c2C)cc1C. The molecule has 0 bridgehead atoms. The Labute approximate surface area is 236 Å². The summed E-state index contributed by atoms with van der Waals surface area (Å²) in [5.41, 5.74) is 10.9. The van der Waals surface area contributed by atoms with E-state index in [0.29, 0.717) is 11.5 Å². The summed E-state index contributed by atoms with van der Waals surface area (Å²) in [6.45, 7) is 12.6. The highest BCUT2D eigenvalue weighted by atomic mass is 32.1. The number of nitrogens with zero attached hydrogens (tertiary/aromatic N) is 3. The van der Waals surface area contributed by atoms with Gasteiger partial charge in [0.1, 0.15) is 0 Å². The van der Waals surface area contributed by atoms with Gasteiger partial charge in [0.15, 0.2) is 5.11 Å². The minimum absolute atomic E-state index is 0.00348. The van der Waals surface area contributed by atoms with E-state index in [2.05, 4.69) is 84.2 Å². The van der Waals surface area contributed by atoms with E-state index in [4.69, 9.17) is 17.2 Å². The molecule has 6 nitrogen and oxygen atoms in total. The fraction of sp³-hybridized carbons (Fsp3) is 0.281. The van der Waals surface area contributed by atoms with Gasteiger partial charge in [0.2, 0.25) is 5.91 Å². The number of anilines is 2. The number of nitrogens with one attached hydrogen (secondary N) is 2. The van der Waals surface area contributed by atoms with Crippen LogP contribution in [-0.4, -0.2) is 20.6 Å². The van der Waals surface area contributed by atoms with Gasteiger partial charge in [-0.3, -0.25) is 9.78 Å². The fourth-order valence-corrected chi connectivity index (χ4v) is 6.06. The molecular formula is C32H35N5OS. The summed E-state index contributed by atoms with van der Waals surface area (Å²) in [6.07, 6.45) is 2.26. The molecule has 200 valence electrons. The van der Waals surface area contributed by atoms with Crippen LogP contribution < -0.4 is 15.5 Å². The summed E-state index contributed by atoms with van der Waals surface area (Å²) in [6, 6.07) is 20.6. The largest absolute Gasteiger partial charge is 0.351 e. The number of aryl methyl sites for hydroxylation is 4. The van der Waals surface area contributed by atoms with E-state index in [1.165, 1.54) is 33.8 Å². The number of hydrogen-bond donors (Lipinski definition) is 2. The van der Waals surface area contributed by atoms with Gasteiger partial charge < -0.3 is 20.1 Å². The molecule has 1 amide bonds. The van der Waals surface area contributed by atoms with Gasteiger partial charge in [-0.25, -0.2) is 0 Å². The average molecular weight is 538 g/mol. The first-order valence-corrected chi connectivity index (χ1v) is 13.8. The molecule has 0 aliphatic carbocycles. The number of benzene rings is 2. The van der Waals surface area contributed by atoms with Crippen molar-refractivity contribution < 1.29 is 4.79 Å². The van der Waals surface area contributed by atoms with Crippen molar-refractivity contribution in [2.45, 2.75) is 60.0 Å². The van der Waals surface area contributed by atoms with Crippen molar-refractivity contribution in [3.63, 3.8) is 0 Å². The Morgan fingerprint density at radius 2 is 1.72 bits per heavy atom. The summed E-state index contributed by atoms with van der Waals surface area (Å²) in [7, 11) is 0. The summed E-state index contributed by atoms with van der Waals surface area (Å²) in [5, 5.41) is 7.22. The lowest BCUT2D eigenvalue weighted by molar-refractivity contribution is -0.115. The van der Waals surface area contributed by atoms with Gasteiger partial charge in [-0.1, -0.05) is 31.2 Å². The van der Waals surface area contributed by atoms with Crippen LogP contribution in [0.3, 0.4) is 0 Å². The summed E-state index contributed by atoms with van der Waals surface area (Å²) in [4.78, 5) is 19.0. The maximum absolute atomic E-state index is 12.0. The van der Waals surface area contributed by atoms with Gasteiger partial charge in [-0.05, 0) is 105 Å². The fourth-order valence-electron chi connectivity index (χ4n) is 5.72. The first-order valence-electron chi connectivity index (χ1n) is 13.4. The third-order valence-corrected chi connectivity index (χ3v) is 7.95. The minimum atomic E-state index is -0.134. The number of carbonyl (C=O) groups is 1. The van der Waals surface area contributed by atoms with Crippen LogP contribution in [0.25, 0.3) is 5.69 Å². The van der Waals surface area contributed by atoms with Gasteiger partial charge in [-0.15, -0.1) is 0 Å². The molecule has 2 aromatic heterocycles. The van der Waals surface area contributed by atoms with Crippen LogP contribution in [0.4, 0.5) is 11.4 Å². The number of para-hydroxylation sites is 1. The van der Waals surface area contributed by atoms with Gasteiger partial charge >= 0.3 is 0 Å². The molecule has 0 saturated carbocycles. The molecule has 2 atom stereocenters. The number of hydrogen-bond acceptors (Lipinski definition) is 3. The smallest absolute Gasteiger partial charge is 0.224 e. The Balaban J connectivity index is 1.66. The molecular weight excluding hydrogens is 502 g/mol. The van der Waals surface area contributed by atoms with Crippen molar-refractivity contribution in [1.82, 2.24) is 14.9 Å². The highest BCUT2D eigenvalue weighted by Gasteiger charge is 2.42. The third kappa shape index (κ3) is 4.83. The molecule has 2 aromatic carbocycles. The van der Waals surface area contributed by atoms with E-state index in [1.54, 1.807) is 0 Å². The van der Waals surface area contributed by atoms with Crippen molar-refractivity contribution in [3.8, 4) is 5.69 Å². The lowest BCUT2D eigenvalue weighted by atomic mass is 9.96. The Morgan fingerprint density at radius 3 is 2.36 bits per heavy atom. The molecule has 1 aliphatic heterocycles. The number of amides is 1. The highest BCUT2D eigenvalue weighted by molar-refractivity contribution is 7.80. The zero-order valence-electron chi connectivity index (χ0n) is 23.4. The predicted octanol–water partition coefficient (Wildman–Crippen LogP) is 6.94. The number of thiocarbonyl (C=S) groups is 1. The number of aromatic nitrogens is 2. The minimum Gasteiger partial charge on any atom is -0.351 e. The highest BCUT2D eigenvalue weighted by Crippen LogP contribution is 2.44. The second-order valence-electron chi connectivity index (χ2n) is 10.3. The molecule has 0 radical (unpaired) electrons. The van der Waals surface area contributed by atoms with E-state index in [9.17, 15) is 4.79 Å². The molecule has 4 aromatic rings. The standard InChI is InChI=1S/C32H35N5OS/c1-7-28(38)34-26-15-14-24(17-21(26)4)37-31(29(35-32(37)39)27-13-8-9-16-33-27)25-18-22(5)36(23(25)6)30-19(2)11-10-12-20(30)3/h8-18,29,31H,7H2,1-6H3,(H,34,38)(H,35,39)/t29-,31-/m1/s1. The average Bonchev–Trinajstić information content (AvgIpc) is 3.41. The zero-order chi connectivity index (χ0) is 27.8. The Morgan fingerprint density at radius 1 is 0.974 bits per heavy atom. The first-order chi connectivity index (χ1) is 18.7. The van der Waals surface area contributed by atoms with Crippen molar-refractivity contribution >= 4 is 34.6 Å². The van der Waals surface area contributed by atoms with Crippen molar-refractivity contribution in [2.75, 3.05) is 10.2 Å². The van der Waals surface area contributed by atoms with Crippen LogP contribution in [-0.2, 0) is 4.79 Å². The second-order valence-corrected chi connectivity index (χ2v) is 10.7. The van der Waals surface area contributed by atoms with E-state index < -0.39 is 0 Å². The number of pyridine rings is 1. The Hall–Kier alpha value is -3.97. The van der Waals surface area contributed by atoms with Gasteiger partial charge in [0.25, 0.3) is 0 Å². The van der Waals surface area contributed by atoms with E-state index in [0.717, 1.165) is 22.6 Å². The normalized spacial score (nSPS) is 16.9. The maximum atomic E-state index is 12.0. The molecule has 0 spiro atoms. The van der Waals surface area contributed by atoms with Crippen LogP contribution in [0, 0.1) is 34.6 Å². The molecule has 3 heterocycles. The summed E-state index contributed by atoms with van der Waals surface area (Å²) >= 11 is 5.97. The van der Waals surface area contributed by atoms with Crippen LogP contribution in [0.1, 0.15) is 64.8 Å². The molecule has 39 heavy (non-hydrogen) atoms. The Bertz CT molecular complexity index is 1540. The van der Waals surface area contributed by atoms with Crippen LogP contribution >= 0.6 is 12.2 Å². The monoisotopic (exact) mass is 537 g/mol. The summed E-state index contributed by atoms with van der Waals surface area (Å²) < 4.78 is 2.36. The topological polar surface area (TPSA) is 62.2 Å². The van der Waals surface area contributed by atoms with E-state index in [-0.39, 0.29) is 18.0 Å². The van der Waals surface area contributed by atoms with Crippen LogP contribution in [0.15, 0.2) is 66.9 Å². The predicted molar refractivity (Wildman–Crippen MR) is 163 cm³/mol. The molecule has 0 unspecified atom stereocenters. The third-order valence-electron chi connectivity index (χ3n) is 7.63. The maximum Gasteiger partial charge on any atom is 0.224 e. The number of carbonyl (C=O) groups excluding carboxylic acids is 1. The molecule has 1 saturated heterocycles. The quantitative estimate of drug-likeness (QED) is 0.261. The lowest BCUT2D eigenvalue weighted by Crippen LogP contribution is -2.29. The van der Waals surface area contributed by atoms with Crippen molar-refractivity contribution in [3.05, 3.63) is 106 Å². The molecule has 5 rings (SSSR count). The molecule has 2 N–H and O–H groups in total. The second kappa shape index (κ2) is 10.7. The lowest BCUT2D eigenvalue weighted by Gasteiger charge is -2.29. The molecule has 1 aliphatic rings. The molecule has 1 fully saturated rings. The number of rotatable bonds is 6. The van der Waals surface area contributed by atoms with Gasteiger partial charge in [0.05, 0.1) is 23.5 Å². The van der Waals surface area contributed by atoms with Crippen molar-refractivity contribution in [1.29, 1.82) is 0 Å². The first kappa shape index (κ1) is 26.6. The Kier molecular flexibility index (Phi) is 7.28. The van der Waals surface area contributed by atoms with Crippen LogP contribution in [0.5, 0.6) is 0 Å². The van der Waals surface area contributed by atoms with Crippen molar-refractivity contribution in [2.24, 2.45) is 0 Å². The molecule has 7 heteroatoms. The van der Waals surface area contributed by atoms with Gasteiger partial charge in [-0.2, -0.15) is 0 Å². The van der Waals surface area contributed by atoms with Crippen LogP contribution in [0.2, 0.25) is 0 Å². The van der Waals surface area contributed by atoms with E-state index in [1.807, 2.05) is 44.3 Å². The summed E-state index contributed by atoms with van der Waals surface area (Å²) in [5.74, 6) is -0.00348. The van der Waals surface area contributed by atoms with E-state index >= 15 is 0 Å².